The lowest BCUT2D eigenvalue weighted by atomic mass is 9.99. The molecule has 0 bridgehead atoms. The van der Waals surface area contributed by atoms with E-state index in [1.54, 1.807) is 7.11 Å². The number of nitrogens with one attached hydrogen (secondary N) is 1. The molecule has 1 amide bonds. The maximum absolute atomic E-state index is 12.4. The topological polar surface area (TPSA) is 44.8 Å². The van der Waals surface area contributed by atoms with Crippen LogP contribution in [0.3, 0.4) is 0 Å². The number of amides is 1. The summed E-state index contributed by atoms with van der Waals surface area (Å²) in [6.07, 6.45) is 3.44. The van der Waals surface area contributed by atoms with Crippen molar-refractivity contribution in [3.63, 3.8) is 0 Å². The highest BCUT2D eigenvalue weighted by Crippen LogP contribution is 2.17. The number of nitrogens with zero attached hydrogens (tertiary/aromatic N) is 2. The van der Waals surface area contributed by atoms with Gasteiger partial charge in [-0.25, -0.2) is 0 Å². The minimum atomic E-state index is 0.294. The van der Waals surface area contributed by atoms with Crippen LogP contribution >= 0.6 is 0 Å². The second-order valence-corrected chi connectivity index (χ2v) is 5.68. The highest BCUT2D eigenvalue weighted by molar-refractivity contribution is 5.78. The number of piperidine rings is 1. The molecule has 1 unspecified atom stereocenters. The zero-order valence-corrected chi connectivity index (χ0v) is 12.1. The number of methoxy groups -OCH3 is 1. The largest absolute Gasteiger partial charge is 0.384 e. The van der Waals surface area contributed by atoms with Crippen LogP contribution in [0, 0.1) is 5.92 Å². The van der Waals surface area contributed by atoms with Gasteiger partial charge in [0.05, 0.1) is 13.2 Å². The fourth-order valence-electron chi connectivity index (χ4n) is 3.01. The lowest BCUT2D eigenvalue weighted by Gasteiger charge is -2.33. The van der Waals surface area contributed by atoms with Crippen molar-refractivity contribution >= 4 is 5.91 Å². The van der Waals surface area contributed by atoms with Gasteiger partial charge in [0.15, 0.2) is 0 Å². The van der Waals surface area contributed by atoms with Crippen LogP contribution in [0.1, 0.15) is 19.3 Å². The van der Waals surface area contributed by atoms with Crippen molar-refractivity contribution in [2.24, 2.45) is 5.92 Å². The molecule has 110 valence electrons. The van der Waals surface area contributed by atoms with Gasteiger partial charge in [-0.2, -0.15) is 0 Å². The number of rotatable bonds is 4. The fourth-order valence-corrected chi connectivity index (χ4v) is 3.01. The Balaban J connectivity index is 1.78. The maximum Gasteiger partial charge on any atom is 0.236 e. The highest BCUT2D eigenvalue weighted by atomic mass is 16.5. The quantitative estimate of drug-likeness (QED) is 0.790. The third-order valence-electron chi connectivity index (χ3n) is 4.07. The molecular weight excluding hydrogens is 242 g/mol. The molecule has 0 aromatic carbocycles. The van der Waals surface area contributed by atoms with Crippen molar-refractivity contribution in [3.8, 4) is 0 Å². The molecule has 2 heterocycles. The van der Waals surface area contributed by atoms with Gasteiger partial charge >= 0.3 is 0 Å². The second kappa shape index (κ2) is 7.82. The van der Waals surface area contributed by atoms with E-state index in [1.807, 2.05) is 4.90 Å². The van der Waals surface area contributed by atoms with E-state index >= 15 is 0 Å². The first-order valence-electron chi connectivity index (χ1n) is 7.49. The van der Waals surface area contributed by atoms with Crippen molar-refractivity contribution in [1.82, 2.24) is 15.1 Å². The molecule has 0 aromatic rings. The molecule has 5 heteroatoms. The van der Waals surface area contributed by atoms with Gasteiger partial charge in [-0.1, -0.05) is 0 Å². The van der Waals surface area contributed by atoms with Crippen LogP contribution in [-0.4, -0.2) is 75.2 Å². The van der Waals surface area contributed by atoms with Crippen LogP contribution in [-0.2, 0) is 9.53 Å². The van der Waals surface area contributed by atoms with Crippen molar-refractivity contribution in [2.75, 3.05) is 59.5 Å². The van der Waals surface area contributed by atoms with Crippen molar-refractivity contribution < 1.29 is 9.53 Å². The average Bonchev–Trinajstić information content (AvgIpc) is 2.68. The summed E-state index contributed by atoms with van der Waals surface area (Å²) in [5.41, 5.74) is 0. The number of carbonyl (C=O) groups excluding carboxylic acids is 1. The van der Waals surface area contributed by atoms with E-state index in [2.05, 4.69) is 10.2 Å². The molecule has 2 saturated heterocycles. The van der Waals surface area contributed by atoms with E-state index in [0.29, 0.717) is 18.4 Å². The van der Waals surface area contributed by atoms with Gasteiger partial charge in [0.1, 0.15) is 0 Å². The summed E-state index contributed by atoms with van der Waals surface area (Å²) in [5, 5.41) is 3.37. The van der Waals surface area contributed by atoms with E-state index in [1.165, 1.54) is 6.42 Å². The summed E-state index contributed by atoms with van der Waals surface area (Å²) < 4.78 is 5.22. The molecule has 0 spiro atoms. The summed E-state index contributed by atoms with van der Waals surface area (Å²) in [7, 11) is 1.74. The molecule has 2 aliphatic rings. The molecule has 0 aliphatic carbocycles. The first kappa shape index (κ1) is 14.8. The molecule has 0 saturated carbocycles. The first-order valence-corrected chi connectivity index (χ1v) is 7.49. The third kappa shape index (κ3) is 4.75. The molecule has 19 heavy (non-hydrogen) atoms. The average molecular weight is 269 g/mol. The molecule has 0 radical (unpaired) electrons. The molecule has 5 nitrogen and oxygen atoms in total. The molecule has 2 rings (SSSR count). The van der Waals surface area contributed by atoms with E-state index in [0.717, 1.165) is 58.7 Å². The molecule has 0 aromatic heterocycles. The summed E-state index contributed by atoms with van der Waals surface area (Å²) in [6, 6.07) is 0. The van der Waals surface area contributed by atoms with Gasteiger partial charge in [-0.15, -0.1) is 0 Å². The van der Waals surface area contributed by atoms with E-state index in [9.17, 15) is 4.79 Å². The van der Waals surface area contributed by atoms with Gasteiger partial charge in [0, 0.05) is 33.3 Å². The Morgan fingerprint density at radius 1 is 1.26 bits per heavy atom. The minimum Gasteiger partial charge on any atom is -0.384 e. The van der Waals surface area contributed by atoms with Crippen LogP contribution in [0.15, 0.2) is 0 Å². The van der Waals surface area contributed by atoms with Crippen LogP contribution in [0.5, 0.6) is 0 Å². The maximum atomic E-state index is 12.4. The molecule has 1 N–H and O–H groups in total. The predicted octanol–water partition coefficient (Wildman–Crippen LogP) is 0.167. The Morgan fingerprint density at radius 2 is 2.16 bits per heavy atom. The number of hydrogen-bond acceptors (Lipinski definition) is 4. The smallest absolute Gasteiger partial charge is 0.236 e. The van der Waals surface area contributed by atoms with Gasteiger partial charge in [0.25, 0.3) is 0 Å². The third-order valence-corrected chi connectivity index (χ3v) is 4.07. The summed E-state index contributed by atoms with van der Waals surface area (Å²) in [4.78, 5) is 16.7. The second-order valence-electron chi connectivity index (χ2n) is 5.68. The van der Waals surface area contributed by atoms with Crippen molar-refractivity contribution in [2.45, 2.75) is 19.3 Å². The minimum absolute atomic E-state index is 0.294. The monoisotopic (exact) mass is 269 g/mol. The van der Waals surface area contributed by atoms with Crippen molar-refractivity contribution in [1.29, 1.82) is 0 Å². The van der Waals surface area contributed by atoms with Crippen LogP contribution in [0.4, 0.5) is 0 Å². The Labute approximate surface area is 116 Å². The Kier molecular flexibility index (Phi) is 6.07. The van der Waals surface area contributed by atoms with E-state index in [-0.39, 0.29) is 0 Å². The molecule has 2 fully saturated rings. The molecular formula is C14H27N3O2. The van der Waals surface area contributed by atoms with Crippen LogP contribution < -0.4 is 5.32 Å². The SMILES string of the molecule is COCC1CCCN(C(=O)CN2CCCNCC2)C1. The van der Waals surface area contributed by atoms with Crippen LogP contribution in [0.25, 0.3) is 0 Å². The summed E-state index contributed by atoms with van der Waals surface area (Å²) in [5.74, 6) is 0.816. The van der Waals surface area contributed by atoms with E-state index in [4.69, 9.17) is 4.74 Å². The van der Waals surface area contributed by atoms with E-state index < -0.39 is 0 Å². The summed E-state index contributed by atoms with van der Waals surface area (Å²) in [6.45, 7) is 7.25. The lowest BCUT2D eigenvalue weighted by Crippen LogP contribution is -2.46. The van der Waals surface area contributed by atoms with Gasteiger partial charge in [-0.05, 0) is 38.3 Å². The predicted molar refractivity (Wildman–Crippen MR) is 75.1 cm³/mol. The summed E-state index contributed by atoms with van der Waals surface area (Å²) >= 11 is 0. The lowest BCUT2D eigenvalue weighted by molar-refractivity contribution is -0.134. The number of carbonyl (C=O) groups is 1. The Bertz CT molecular complexity index is 276. The molecule has 1 atom stereocenters. The zero-order chi connectivity index (χ0) is 13.5. The van der Waals surface area contributed by atoms with Gasteiger partial charge in [-0.3, -0.25) is 9.69 Å². The zero-order valence-electron chi connectivity index (χ0n) is 12.1. The van der Waals surface area contributed by atoms with Gasteiger partial charge in [0.2, 0.25) is 5.91 Å². The Morgan fingerprint density at radius 3 is 3.00 bits per heavy atom. The normalized spacial score (nSPS) is 26.2. The first-order chi connectivity index (χ1) is 9.29. The van der Waals surface area contributed by atoms with Crippen LogP contribution in [0.2, 0.25) is 0 Å². The number of hydrogen-bond donors (Lipinski definition) is 1. The number of likely N-dealkylation sites (tertiary alicyclic amines) is 1. The highest BCUT2D eigenvalue weighted by Gasteiger charge is 2.24. The standard InChI is InChI=1S/C14H27N3O2/c1-19-12-13-4-2-8-17(10-13)14(18)11-16-7-3-5-15-6-9-16/h13,15H,2-12H2,1H3. The number of ether oxygens (including phenoxy) is 1. The Hall–Kier alpha value is -0.650. The fraction of sp³-hybridized carbons (Fsp3) is 0.929. The molecule has 2 aliphatic heterocycles. The van der Waals surface area contributed by atoms with Gasteiger partial charge < -0.3 is 15.0 Å². The van der Waals surface area contributed by atoms with Crippen molar-refractivity contribution in [3.05, 3.63) is 0 Å².